The Kier molecular flexibility index (Phi) is 6.27. The highest BCUT2D eigenvalue weighted by atomic mass is 19.4. The smallest absolute Gasteiger partial charge is 0.355 e. The second kappa shape index (κ2) is 6.64. The summed E-state index contributed by atoms with van der Waals surface area (Å²) in [6.07, 6.45) is -4.76. The fourth-order valence-electron chi connectivity index (χ4n) is 0.866. The Balaban J connectivity index is 3.11. The van der Waals surface area contributed by atoms with Gasteiger partial charge in [-0.3, -0.25) is 4.79 Å². The van der Waals surface area contributed by atoms with E-state index in [1.54, 1.807) is 0 Å². The Bertz CT molecular complexity index is 170. The molecule has 0 radical (unpaired) electrons. The second-order valence-corrected chi connectivity index (χ2v) is 2.95. The van der Waals surface area contributed by atoms with E-state index in [1.807, 2.05) is 0 Å². The van der Waals surface area contributed by atoms with Gasteiger partial charge in [-0.05, 0) is 13.0 Å². The zero-order valence-corrected chi connectivity index (χ0v) is 8.08. The van der Waals surface area contributed by atoms with E-state index in [4.69, 9.17) is 0 Å². The quantitative estimate of drug-likeness (QED) is 0.646. The van der Waals surface area contributed by atoms with Crippen LogP contribution in [0, 0.1) is 0 Å². The van der Waals surface area contributed by atoms with Crippen LogP contribution >= 0.6 is 0 Å². The van der Waals surface area contributed by atoms with Crippen molar-refractivity contribution in [2.24, 2.45) is 0 Å². The minimum Gasteiger partial charge on any atom is -0.355 e. The summed E-state index contributed by atoms with van der Waals surface area (Å²) in [4.78, 5) is 10.4. The molecule has 84 valence electrons. The fraction of sp³-hybridized carbons (Fsp3) is 0.875. The molecule has 0 spiro atoms. The van der Waals surface area contributed by atoms with Crippen LogP contribution in [0.25, 0.3) is 0 Å². The Morgan fingerprint density at radius 3 is 2.36 bits per heavy atom. The molecule has 0 aromatic carbocycles. The van der Waals surface area contributed by atoms with Crippen LogP contribution in [-0.4, -0.2) is 31.7 Å². The molecule has 0 aliphatic heterocycles. The van der Waals surface area contributed by atoms with Gasteiger partial charge in [0.15, 0.2) is 0 Å². The van der Waals surface area contributed by atoms with E-state index in [0.29, 0.717) is 19.6 Å². The number of amides is 1. The minimum atomic E-state index is -4.07. The summed E-state index contributed by atoms with van der Waals surface area (Å²) >= 11 is 0. The van der Waals surface area contributed by atoms with E-state index in [2.05, 4.69) is 10.6 Å². The molecule has 0 aromatic rings. The van der Waals surface area contributed by atoms with Gasteiger partial charge in [0.1, 0.15) is 0 Å². The summed E-state index contributed by atoms with van der Waals surface area (Å²) in [6, 6.07) is 0. The molecule has 0 aliphatic carbocycles. The molecule has 0 heterocycles. The molecule has 0 saturated heterocycles. The van der Waals surface area contributed by atoms with E-state index in [9.17, 15) is 18.0 Å². The van der Waals surface area contributed by atoms with Gasteiger partial charge in [-0.15, -0.1) is 0 Å². The van der Waals surface area contributed by atoms with Gasteiger partial charge in [-0.25, -0.2) is 0 Å². The van der Waals surface area contributed by atoms with Crippen LogP contribution < -0.4 is 10.6 Å². The molecule has 6 heteroatoms. The van der Waals surface area contributed by atoms with Crippen LogP contribution in [0.5, 0.6) is 0 Å². The first-order valence-corrected chi connectivity index (χ1v) is 4.44. The molecule has 0 rings (SSSR count). The van der Waals surface area contributed by atoms with Gasteiger partial charge in [-0.1, -0.05) is 0 Å². The molecule has 0 aromatic heterocycles. The maximum atomic E-state index is 11.7. The highest BCUT2D eigenvalue weighted by Crippen LogP contribution is 2.20. The van der Waals surface area contributed by atoms with Gasteiger partial charge in [0.05, 0.1) is 0 Å². The SMILES string of the molecule is CC(=O)NCCNCCCC(F)(F)F. The van der Waals surface area contributed by atoms with Crippen LogP contribution in [0.4, 0.5) is 13.2 Å². The summed E-state index contributed by atoms with van der Waals surface area (Å²) < 4.78 is 35.0. The first kappa shape index (κ1) is 13.2. The number of alkyl halides is 3. The zero-order valence-electron chi connectivity index (χ0n) is 8.08. The molecule has 3 nitrogen and oxygen atoms in total. The van der Waals surface area contributed by atoms with Crippen LogP contribution in [0.3, 0.4) is 0 Å². The number of halogens is 3. The summed E-state index contributed by atoms with van der Waals surface area (Å²) in [5, 5.41) is 5.33. The molecular weight excluding hydrogens is 197 g/mol. The molecule has 0 atom stereocenters. The third-order valence-electron chi connectivity index (χ3n) is 1.49. The maximum Gasteiger partial charge on any atom is 0.389 e. The highest BCUT2D eigenvalue weighted by molar-refractivity contribution is 5.72. The Labute approximate surface area is 81.1 Å². The molecular formula is C8H15F3N2O. The van der Waals surface area contributed by atoms with Crippen molar-refractivity contribution in [1.29, 1.82) is 0 Å². The van der Waals surface area contributed by atoms with Gasteiger partial charge < -0.3 is 10.6 Å². The second-order valence-electron chi connectivity index (χ2n) is 2.95. The summed E-state index contributed by atoms with van der Waals surface area (Å²) in [5.41, 5.74) is 0. The van der Waals surface area contributed by atoms with Crippen molar-refractivity contribution in [2.75, 3.05) is 19.6 Å². The molecule has 0 fully saturated rings. The van der Waals surface area contributed by atoms with E-state index in [1.165, 1.54) is 6.92 Å². The maximum absolute atomic E-state index is 11.7. The summed E-state index contributed by atoms with van der Waals surface area (Å²) in [7, 11) is 0. The lowest BCUT2D eigenvalue weighted by Crippen LogP contribution is -2.30. The molecule has 0 bridgehead atoms. The summed E-state index contributed by atoms with van der Waals surface area (Å²) in [5.74, 6) is -0.137. The number of carbonyl (C=O) groups excluding carboxylic acids is 1. The van der Waals surface area contributed by atoms with Crippen molar-refractivity contribution in [1.82, 2.24) is 10.6 Å². The van der Waals surface area contributed by atoms with E-state index in [-0.39, 0.29) is 12.3 Å². The first-order chi connectivity index (χ1) is 6.42. The highest BCUT2D eigenvalue weighted by Gasteiger charge is 2.25. The predicted octanol–water partition coefficient (Wildman–Crippen LogP) is 1.05. The van der Waals surface area contributed by atoms with Crippen LogP contribution in [-0.2, 0) is 4.79 Å². The van der Waals surface area contributed by atoms with Crippen molar-refractivity contribution in [2.45, 2.75) is 25.9 Å². The average Bonchev–Trinajstić information content (AvgIpc) is 2.00. The minimum absolute atomic E-state index is 0.0730. The summed E-state index contributed by atoms with van der Waals surface area (Å²) in [6.45, 7) is 2.65. The van der Waals surface area contributed by atoms with E-state index >= 15 is 0 Å². The van der Waals surface area contributed by atoms with Gasteiger partial charge in [0.25, 0.3) is 0 Å². The Morgan fingerprint density at radius 2 is 1.86 bits per heavy atom. The normalized spacial score (nSPS) is 11.4. The van der Waals surface area contributed by atoms with Crippen LogP contribution in [0.15, 0.2) is 0 Å². The first-order valence-electron chi connectivity index (χ1n) is 4.44. The van der Waals surface area contributed by atoms with Crippen molar-refractivity contribution in [3.63, 3.8) is 0 Å². The van der Waals surface area contributed by atoms with Crippen molar-refractivity contribution < 1.29 is 18.0 Å². The Hall–Kier alpha value is -0.780. The largest absolute Gasteiger partial charge is 0.389 e. The molecule has 0 saturated carbocycles. The van der Waals surface area contributed by atoms with Gasteiger partial charge in [0.2, 0.25) is 5.91 Å². The number of rotatable bonds is 6. The average molecular weight is 212 g/mol. The van der Waals surface area contributed by atoms with Crippen molar-refractivity contribution in [3.05, 3.63) is 0 Å². The number of carbonyl (C=O) groups is 1. The molecule has 2 N–H and O–H groups in total. The topological polar surface area (TPSA) is 41.1 Å². The zero-order chi connectivity index (χ0) is 11.0. The molecule has 0 aliphatic rings. The number of hydrogen-bond donors (Lipinski definition) is 2. The lowest BCUT2D eigenvalue weighted by atomic mass is 10.3. The van der Waals surface area contributed by atoms with Gasteiger partial charge in [0, 0.05) is 26.4 Å². The molecule has 14 heavy (non-hydrogen) atoms. The third-order valence-corrected chi connectivity index (χ3v) is 1.49. The van der Waals surface area contributed by atoms with E-state index in [0.717, 1.165) is 0 Å². The van der Waals surface area contributed by atoms with Gasteiger partial charge >= 0.3 is 6.18 Å². The number of hydrogen-bond acceptors (Lipinski definition) is 2. The van der Waals surface area contributed by atoms with Gasteiger partial charge in [-0.2, -0.15) is 13.2 Å². The number of nitrogens with one attached hydrogen (secondary N) is 2. The standard InChI is InChI=1S/C8H15F3N2O/c1-7(14)13-6-5-12-4-2-3-8(9,10)11/h12H,2-6H2,1H3,(H,13,14). The van der Waals surface area contributed by atoms with Crippen LogP contribution in [0.1, 0.15) is 19.8 Å². The van der Waals surface area contributed by atoms with E-state index < -0.39 is 12.6 Å². The van der Waals surface area contributed by atoms with Crippen LogP contribution in [0.2, 0.25) is 0 Å². The fourth-order valence-corrected chi connectivity index (χ4v) is 0.866. The van der Waals surface area contributed by atoms with Crippen molar-refractivity contribution in [3.8, 4) is 0 Å². The van der Waals surface area contributed by atoms with Crippen molar-refractivity contribution >= 4 is 5.91 Å². The molecule has 0 unspecified atom stereocenters. The lowest BCUT2D eigenvalue weighted by Gasteiger charge is -2.07. The molecule has 1 amide bonds. The lowest BCUT2D eigenvalue weighted by molar-refractivity contribution is -0.135. The monoisotopic (exact) mass is 212 g/mol. The third kappa shape index (κ3) is 11.2. The Morgan fingerprint density at radius 1 is 1.21 bits per heavy atom. The predicted molar refractivity (Wildman–Crippen MR) is 46.8 cm³/mol.